The Kier molecular flexibility index (Phi) is 7.53. The van der Waals surface area contributed by atoms with Gasteiger partial charge in [0.25, 0.3) is 5.91 Å². The Hall–Kier alpha value is -1.59. The summed E-state index contributed by atoms with van der Waals surface area (Å²) < 4.78 is 5.16. The number of piperidine rings is 1. The summed E-state index contributed by atoms with van der Waals surface area (Å²) in [6.45, 7) is 3.40. The van der Waals surface area contributed by atoms with Crippen LogP contribution in [0, 0.1) is 11.8 Å². The van der Waals surface area contributed by atoms with E-state index in [1.807, 2.05) is 6.92 Å². The molecule has 0 bridgehead atoms. The second-order valence-electron chi connectivity index (χ2n) is 6.95. The predicted molar refractivity (Wildman–Crippen MR) is 90.1 cm³/mol. The van der Waals surface area contributed by atoms with E-state index in [1.54, 1.807) is 4.90 Å². The molecule has 136 valence electrons. The van der Waals surface area contributed by atoms with Crippen LogP contribution < -0.4 is 5.32 Å². The molecule has 0 aromatic heterocycles. The highest BCUT2D eigenvalue weighted by molar-refractivity contribution is 5.82. The first-order valence-electron chi connectivity index (χ1n) is 9.31. The monoisotopic (exact) mass is 338 g/mol. The molecule has 1 saturated heterocycles. The van der Waals surface area contributed by atoms with Crippen LogP contribution in [0.4, 0.5) is 0 Å². The van der Waals surface area contributed by atoms with E-state index in [0.717, 1.165) is 12.8 Å². The zero-order valence-corrected chi connectivity index (χ0v) is 14.7. The fourth-order valence-electron chi connectivity index (χ4n) is 3.57. The number of ether oxygens (including phenoxy) is 1. The quantitative estimate of drug-likeness (QED) is 0.750. The highest BCUT2D eigenvalue weighted by Gasteiger charge is 2.29. The molecule has 1 heterocycles. The maximum atomic E-state index is 12.1. The molecule has 2 fully saturated rings. The maximum absolute atomic E-state index is 12.1. The van der Waals surface area contributed by atoms with Crippen molar-refractivity contribution >= 4 is 17.8 Å². The first-order chi connectivity index (χ1) is 11.6. The Labute approximate surface area is 144 Å². The molecule has 1 unspecified atom stereocenters. The molecule has 0 aromatic rings. The van der Waals surface area contributed by atoms with Crippen LogP contribution in [0.25, 0.3) is 0 Å². The van der Waals surface area contributed by atoms with Gasteiger partial charge in [-0.1, -0.05) is 26.2 Å². The van der Waals surface area contributed by atoms with Gasteiger partial charge in [0, 0.05) is 26.1 Å². The second kappa shape index (κ2) is 9.64. The smallest absolute Gasteiger partial charge is 0.311 e. The van der Waals surface area contributed by atoms with E-state index >= 15 is 0 Å². The van der Waals surface area contributed by atoms with Gasteiger partial charge in [0.15, 0.2) is 6.61 Å². The Morgan fingerprint density at radius 1 is 1.08 bits per heavy atom. The van der Waals surface area contributed by atoms with Crippen molar-refractivity contribution in [2.45, 2.75) is 58.3 Å². The van der Waals surface area contributed by atoms with E-state index in [4.69, 9.17) is 4.74 Å². The van der Waals surface area contributed by atoms with Crippen molar-refractivity contribution in [2.75, 3.05) is 26.2 Å². The zero-order chi connectivity index (χ0) is 17.4. The molecule has 0 aromatic carbocycles. The summed E-state index contributed by atoms with van der Waals surface area (Å²) in [6, 6.07) is 0. The molecule has 24 heavy (non-hydrogen) atoms. The van der Waals surface area contributed by atoms with Gasteiger partial charge in [-0.15, -0.1) is 0 Å². The Bertz CT molecular complexity index is 446. The highest BCUT2D eigenvalue weighted by Crippen LogP contribution is 2.22. The van der Waals surface area contributed by atoms with Gasteiger partial charge in [-0.3, -0.25) is 14.4 Å². The lowest BCUT2D eigenvalue weighted by Gasteiger charge is -2.31. The Morgan fingerprint density at radius 2 is 1.83 bits per heavy atom. The minimum atomic E-state index is -0.364. The number of amides is 2. The second-order valence-corrected chi connectivity index (χ2v) is 6.95. The van der Waals surface area contributed by atoms with Crippen molar-refractivity contribution in [3.05, 3.63) is 0 Å². The summed E-state index contributed by atoms with van der Waals surface area (Å²) in [5.41, 5.74) is 0. The van der Waals surface area contributed by atoms with Gasteiger partial charge in [-0.05, 0) is 31.6 Å². The molecule has 0 radical (unpaired) electrons. The molecule has 2 rings (SSSR count). The average molecular weight is 338 g/mol. The molecule has 2 amide bonds. The number of esters is 1. The summed E-state index contributed by atoms with van der Waals surface area (Å²) in [5, 5.41) is 2.87. The Morgan fingerprint density at radius 3 is 2.54 bits per heavy atom. The molecule has 0 spiro atoms. The van der Waals surface area contributed by atoms with E-state index in [1.165, 1.54) is 32.1 Å². The minimum absolute atomic E-state index is 0.0673. The van der Waals surface area contributed by atoms with Gasteiger partial charge >= 0.3 is 5.97 Å². The number of hydrogen-bond donors (Lipinski definition) is 1. The molecular formula is C18H30N2O4. The van der Waals surface area contributed by atoms with E-state index < -0.39 is 0 Å². The van der Waals surface area contributed by atoms with Crippen molar-refractivity contribution in [1.82, 2.24) is 10.2 Å². The molecule has 1 saturated carbocycles. The molecule has 6 heteroatoms. The lowest BCUT2D eigenvalue weighted by Crippen LogP contribution is -2.43. The predicted octanol–water partition coefficient (Wildman–Crippen LogP) is 1.87. The third-order valence-electron chi connectivity index (χ3n) is 5.07. The van der Waals surface area contributed by atoms with Crippen LogP contribution in [0.15, 0.2) is 0 Å². The number of nitrogens with zero attached hydrogens (tertiary/aromatic N) is 1. The normalized spacial score (nSPS) is 22.0. The lowest BCUT2D eigenvalue weighted by molar-refractivity contribution is -0.155. The summed E-state index contributed by atoms with van der Waals surface area (Å²) in [4.78, 5) is 37.4. The van der Waals surface area contributed by atoms with Crippen LogP contribution in [0.5, 0.6) is 0 Å². The SMILES string of the molecule is CCC(=O)N1CCCC(C(=O)OCC(=O)NCC2CCCCC2)C1. The van der Waals surface area contributed by atoms with E-state index in [9.17, 15) is 14.4 Å². The van der Waals surface area contributed by atoms with Crippen molar-refractivity contribution in [3.8, 4) is 0 Å². The van der Waals surface area contributed by atoms with E-state index in [-0.39, 0.29) is 30.3 Å². The number of nitrogens with one attached hydrogen (secondary N) is 1. The van der Waals surface area contributed by atoms with Gasteiger partial charge in [0.1, 0.15) is 0 Å². The molecule has 1 atom stereocenters. The summed E-state index contributed by atoms with van der Waals surface area (Å²) in [5.74, 6) is -0.272. The standard InChI is InChI=1S/C18H30N2O4/c1-2-17(22)20-10-6-9-15(12-20)18(23)24-13-16(21)19-11-14-7-4-3-5-8-14/h14-15H,2-13H2,1H3,(H,19,21). The number of hydrogen-bond acceptors (Lipinski definition) is 4. The summed E-state index contributed by atoms with van der Waals surface area (Å²) in [7, 11) is 0. The van der Waals surface area contributed by atoms with E-state index in [0.29, 0.717) is 32.0 Å². The van der Waals surface area contributed by atoms with Crippen molar-refractivity contribution in [3.63, 3.8) is 0 Å². The van der Waals surface area contributed by atoms with Crippen molar-refractivity contribution in [1.29, 1.82) is 0 Å². The number of rotatable bonds is 6. The summed E-state index contributed by atoms with van der Waals surface area (Å²) in [6.07, 6.45) is 8.09. The molecule has 6 nitrogen and oxygen atoms in total. The molecule has 1 N–H and O–H groups in total. The van der Waals surface area contributed by atoms with E-state index in [2.05, 4.69) is 5.32 Å². The van der Waals surface area contributed by atoms with Gasteiger partial charge in [-0.2, -0.15) is 0 Å². The highest BCUT2D eigenvalue weighted by atomic mass is 16.5. The molecule has 1 aliphatic carbocycles. The lowest BCUT2D eigenvalue weighted by atomic mass is 9.89. The Balaban J connectivity index is 1.66. The van der Waals surface area contributed by atoms with Crippen molar-refractivity contribution < 1.29 is 19.1 Å². The maximum Gasteiger partial charge on any atom is 0.311 e. The fourth-order valence-corrected chi connectivity index (χ4v) is 3.57. The minimum Gasteiger partial charge on any atom is -0.455 e. The third-order valence-corrected chi connectivity index (χ3v) is 5.07. The first-order valence-corrected chi connectivity index (χ1v) is 9.31. The summed E-state index contributed by atoms with van der Waals surface area (Å²) >= 11 is 0. The van der Waals surface area contributed by atoms with Crippen LogP contribution in [-0.2, 0) is 19.1 Å². The fraction of sp³-hybridized carbons (Fsp3) is 0.833. The van der Waals surface area contributed by atoms with Gasteiger partial charge in [0.05, 0.1) is 5.92 Å². The van der Waals surface area contributed by atoms with Gasteiger partial charge < -0.3 is 15.0 Å². The van der Waals surface area contributed by atoms with Gasteiger partial charge in [0.2, 0.25) is 5.91 Å². The zero-order valence-electron chi connectivity index (χ0n) is 14.7. The topological polar surface area (TPSA) is 75.7 Å². The molecular weight excluding hydrogens is 308 g/mol. The van der Waals surface area contributed by atoms with Crippen LogP contribution in [0.2, 0.25) is 0 Å². The van der Waals surface area contributed by atoms with Crippen LogP contribution >= 0.6 is 0 Å². The number of carbonyl (C=O) groups excluding carboxylic acids is 3. The van der Waals surface area contributed by atoms with Gasteiger partial charge in [-0.25, -0.2) is 0 Å². The van der Waals surface area contributed by atoms with Crippen LogP contribution in [-0.4, -0.2) is 48.9 Å². The first kappa shape index (κ1) is 18.7. The number of likely N-dealkylation sites (tertiary alicyclic amines) is 1. The number of carbonyl (C=O) groups is 3. The third kappa shape index (κ3) is 5.80. The largest absolute Gasteiger partial charge is 0.455 e. The molecule has 2 aliphatic rings. The van der Waals surface area contributed by atoms with Crippen LogP contribution in [0.3, 0.4) is 0 Å². The molecule has 1 aliphatic heterocycles. The average Bonchev–Trinajstić information content (AvgIpc) is 2.64. The van der Waals surface area contributed by atoms with Crippen LogP contribution in [0.1, 0.15) is 58.3 Å². The van der Waals surface area contributed by atoms with Crippen molar-refractivity contribution in [2.24, 2.45) is 11.8 Å².